The van der Waals surface area contributed by atoms with Crippen LogP contribution in [0.5, 0.6) is 0 Å². The second-order valence-corrected chi connectivity index (χ2v) is 1.44. The minimum Gasteiger partial charge on any atom is -0.0716 e. The Morgan fingerprint density at radius 1 is 1.40 bits per heavy atom. The molecule has 0 aliphatic carbocycles. The molecule has 2 heteroatoms. The molecule has 1 radical (unpaired) electrons. The summed E-state index contributed by atoms with van der Waals surface area (Å²) in [6, 6.07) is 0. The van der Waals surface area contributed by atoms with E-state index in [1.54, 1.807) is 0 Å². The zero-order valence-electron chi connectivity index (χ0n) is 2.96. The molecule has 0 saturated heterocycles. The summed E-state index contributed by atoms with van der Waals surface area (Å²) in [4.78, 5) is 0. The van der Waals surface area contributed by atoms with E-state index in [4.69, 9.17) is 23.2 Å². The summed E-state index contributed by atoms with van der Waals surface area (Å²) < 4.78 is 0.111. The fraction of sp³-hybridized carbons (Fsp3) is 0. The highest BCUT2D eigenvalue weighted by Crippen LogP contribution is 1.98. The van der Waals surface area contributed by atoms with E-state index in [1.165, 1.54) is 0 Å². The second kappa shape index (κ2) is 4.32. The van der Waals surface area contributed by atoms with Crippen LogP contribution in [0, 0.1) is 7.43 Å². The molecule has 0 heterocycles. The monoisotopic (exact) mass is 111 g/mol. The van der Waals surface area contributed by atoms with Gasteiger partial charge in [-0.1, -0.05) is 37.2 Å². The van der Waals surface area contributed by atoms with Gasteiger partial charge >= 0.3 is 0 Å². The maximum atomic E-state index is 4.85. The smallest absolute Gasteiger partial charge is 0.0716 e. The summed E-state index contributed by atoms with van der Waals surface area (Å²) >= 11 is 9.69. The number of hydrogen-bond donors (Lipinski definition) is 0. The van der Waals surface area contributed by atoms with Crippen LogP contribution in [0.3, 0.4) is 0 Å². The molecule has 0 amide bonds. The summed E-state index contributed by atoms with van der Waals surface area (Å²) in [7, 11) is 0. The van der Waals surface area contributed by atoms with Crippen molar-refractivity contribution in [3.05, 3.63) is 18.5 Å². The summed E-state index contributed by atoms with van der Waals surface area (Å²) in [6.07, 6.45) is 0. The Morgan fingerprint density at radius 2 is 1.40 bits per heavy atom. The van der Waals surface area contributed by atoms with Crippen LogP contribution in [0.25, 0.3) is 0 Å². The molecule has 0 N–H and O–H groups in total. The van der Waals surface area contributed by atoms with Crippen molar-refractivity contribution in [1.29, 1.82) is 0 Å². The topological polar surface area (TPSA) is 0 Å². The van der Waals surface area contributed by atoms with Gasteiger partial charge in [-0.05, 0) is 0 Å². The van der Waals surface area contributed by atoms with E-state index in [9.17, 15) is 0 Å². The van der Waals surface area contributed by atoms with Crippen LogP contribution < -0.4 is 0 Å². The summed E-state index contributed by atoms with van der Waals surface area (Å²) in [5.41, 5.74) is 0. The second-order valence-electron chi connectivity index (χ2n) is 0.339. The lowest BCUT2D eigenvalue weighted by Gasteiger charge is -1.57. The van der Waals surface area contributed by atoms with Crippen molar-refractivity contribution < 1.29 is 0 Å². The SMILES string of the molecule is C=C(Cl)Cl.[CH3]. The first kappa shape index (κ1) is 9.01. The molecule has 31 valence electrons. The van der Waals surface area contributed by atoms with Gasteiger partial charge in [0, 0.05) is 0 Å². The third-order valence-electron chi connectivity index (χ3n) is 0. The van der Waals surface area contributed by atoms with Gasteiger partial charge in [-0.2, -0.15) is 0 Å². The van der Waals surface area contributed by atoms with Crippen LogP contribution >= 0.6 is 23.2 Å². The van der Waals surface area contributed by atoms with Crippen LogP contribution in [0.2, 0.25) is 0 Å². The van der Waals surface area contributed by atoms with Crippen LogP contribution in [-0.4, -0.2) is 0 Å². The number of halogens is 2. The minimum absolute atomic E-state index is 0. The van der Waals surface area contributed by atoms with Crippen LogP contribution in [0.15, 0.2) is 11.1 Å². The number of hydrogen-bond acceptors (Lipinski definition) is 0. The molecule has 0 spiro atoms. The zero-order valence-corrected chi connectivity index (χ0v) is 4.47. The first-order chi connectivity index (χ1) is 1.73. The lowest BCUT2D eigenvalue weighted by molar-refractivity contribution is 2.45. The van der Waals surface area contributed by atoms with Gasteiger partial charge in [-0.15, -0.1) is 0 Å². The highest BCUT2D eigenvalue weighted by atomic mass is 35.5. The molecule has 0 fully saturated rings. The average molecular weight is 112 g/mol. The maximum absolute atomic E-state index is 4.85. The predicted octanol–water partition coefficient (Wildman–Crippen LogP) is 2.39. The summed E-state index contributed by atoms with van der Waals surface area (Å²) in [6.45, 7) is 3.09. The Bertz CT molecular complexity index is 27.9. The van der Waals surface area contributed by atoms with Crippen molar-refractivity contribution in [2.24, 2.45) is 0 Å². The molecule has 0 aliphatic rings. The van der Waals surface area contributed by atoms with E-state index < -0.39 is 0 Å². The van der Waals surface area contributed by atoms with Gasteiger partial charge in [0.15, 0.2) is 0 Å². The van der Waals surface area contributed by atoms with E-state index >= 15 is 0 Å². The predicted molar refractivity (Wildman–Crippen MR) is 27.3 cm³/mol. The molecular formula is C3H5Cl2. The van der Waals surface area contributed by atoms with Gasteiger partial charge in [-0.25, -0.2) is 0 Å². The van der Waals surface area contributed by atoms with E-state index in [0.717, 1.165) is 0 Å². The van der Waals surface area contributed by atoms with E-state index in [0.29, 0.717) is 0 Å². The Labute approximate surface area is 42.4 Å². The molecular weight excluding hydrogens is 107 g/mol. The molecule has 0 aromatic heterocycles. The van der Waals surface area contributed by atoms with E-state index in [-0.39, 0.29) is 11.9 Å². The molecule has 0 aromatic carbocycles. The zero-order chi connectivity index (χ0) is 3.58. The summed E-state index contributed by atoms with van der Waals surface area (Å²) in [5, 5.41) is 0. The molecule has 5 heavy (non-hydrogen) atoms. The van der Waals surface area contributed by atoms with E-state index in [1.807, 2.05) is 0 Å². The van der Waals surface area contributed by atoms with Crippen molar-refractivity contribution >= 4 is 23.2 Å². The molecule has 0 unspecified atom stereocenters. The molecule has 0 atom stereocenters. The van der Waals surface area contributed by atoms with Crippen LogP contribution in [0.1, 0.15) is 0 Å². The van der Waals surface area contributed by atoms with Crippen molar-refractivity contribution in [3.8, 4) is 0 Å². The van der Waals surface area contributed by atoms with Crippen LogP contribution in [-0.2, 0) is 0 Å². The van der Waals surface area contributed by atoms with Gasteiger partial charge in [0.25, 0.3) is 0 Å². The largest absolute Gasteiger partial charge is 0.0992 e. The highest BCUT2D eigenvalue weighted by molar-refractivity contribution is 6.55. The fourth-order valence-electron chi connectivity index (χ4n) is 0. The van der Waals surface area contributed by atoms with E-state index in [2.05, 4.69) is 6.58 Å². The third-order valence-corrected chi connectivity index (χ3v) is 0. The van der Waals surface area contributed by atoms with Crippen LogP contribution in [0.4, 0.5) is 0 Å². The van der Waals surface area contributed by atoms with Gasteiger partial charge in [0.1, 0.15) is 0 Å². The average Bonchev–Trinajstić information content (AvgIpc) is 0.811. The first-order valence-electron chi connectivity index (χ1n) is 0.732. The normalized spacial score (nSPS) is 5.20. The van der Waals surface area contributed by atoms with Crippen molar-refractivity contribution in [1.82, 2.24) is 0 Å². The van der Waals surface area contributed by atoms with Gasteiger partial charge in [0.05, 0.1) is 4.49 Å². The highest BCUT2D eigenvalue weighted by Gasteiger charge is 1.60. The van der Waals surface area contributed by atoms with Gasteiger partial charge < -0.3 is 0 Å². The fourth-order valence-corrected chi connectivity index (χ4v) is 0. The molecule has 0 rings (SSSR count). The summed E-state index contributed by atoms with van der Waals surface area (Å²) in [5.74, 6) is 0. The molecule has 0 bridgehead atoms. The lowest BCUT2D eigenvalue weighted by atomic mass is 11.3. The lowest BCUT2D eigenvalue weighted by Crippen LogP contribution is -1.24. The molecule has 0 saturated carbocycles. The van der Waals surface area contributed by atoms with Gasteiger partial charge in [-0.3, -0.25) is 0 Å². The maximum Gasteiger partial charge on any atom is 0.0992 e. The van der Waals surface area contributed by atoms with Crippen molar-refractivity contribution in [2.75, 3.05) is 0 Å². The molecule has 0 aliphatic heterocycles. The minimum atomic E-state index is 0. The molecule has 0 nitrogen and oxygen atoms in total. The number of rotatable bonds is 0. The van der Waals surface area contributed by atoms with Crippen molar-refractivity contribution in [2.45, 2.75) is 0 Å². The Balaban J connectivity index is 0. The third kappa shape index (κ3) is 227. The Kier molecular flexibility index (Phi) is 7.78. The molecule has 0 aromatic rings. The Hall–Kier alpha value is 0.320. The standard InChI is InChI=1S/C2H2Cl2.CH3/c1-2(3)4;/h1H2;1H3. The first-order valence-corrected chi connectivity index (χ1v) is 1.49. The van der Waals surface area contributed by atoms with Gasteiger partial charge in [0.2, 0.25) is 0 Å². The van der Waals surface area contributed by atoms with Crippen molar-refractivity contribution in [3.63, 3.8) is 0 Å². The quantitative estimate of drug-likeness (QED) is 0.451. The Morgan fingerprint density at radius 3 is 1.40 bits per heavy atom.